The van der Waals surface area contributed by atoms with Crippen molar-refractivity contribution in [3.63, 3.8) is 0 Å². The minimum atomic E-state index is 0.813. The predicted octanol–water partition coefficient (Wildman–Crippen LogP) is 3.42. The molecule has 0 bridgehead atoms. The van der Waals surface area contributed by atoms with Crippen LogP contribution in [0.25, 0.3) is 0 Å². The molecule has 2 nitrogen and oxygen atoms in total. The second-order valence-electron chi connectivity index (χ2n) is 6.53. The summed E-state index contributed by atoms with van der Waals surface area (Å²) in [5.74, 6) is 0.968. The summed E-state index contributed by atoms with van der Waals surface area (Å²) in [6, 6.07) is 1.75. The Morgan fingerprint density at radius 3 is 2.33 bits per heavy atom. The van der Waals surface area contributed by atoms with Gasteiger partial charge in [-0.15, -0.1) is 0 Å². The highest BCUT2D eigenvalue weighted by Crippen LogP contribution is 2.27. The molecular weight excluding hydrogens is 220 g/mol. The molecule has 2 rings (SSSR count). The molecule has 0 radical (unpaired) electrons. The maximum Gasteiger partial charge on any atom is 0.0110 e. The SMILES string of the molecule is CCCCN(CCNC1CCC(C)CC1)C1CC1. The number of nitrogens with one attached hydrogen (secondary N) is 1. The van der Waals surface area contributed by atoms with Crippen molar-refractivity contribution in [1.82, 2.24) is 10.2 Å². The Labute approximate surface area is 114 Å². The molecule has 0 unspecified atom stereocenters. The normalized spacial score (nSPS) is 28.8. The molecule has 0 atom stereocenters. The van der Waals surface area contributed by atoms with Gasteiger partial charge >= 0.3 is 0 Å². The van der Waals surface area contributed by atoms with Gasteiger partial charge in [0.1, 0.15) is 0 Å². The Morgan fingerprint density at radius 2 is 1.72 bits per heavy atom. The molecular formula is C16H32N2. The average Bonchev–Trinajstić information content (AvgIpc) is 3.20. The highest BCUT2D eigenvalue weighted by Gasteiger charge is 2.28. The van der Waals surface area contributed by atoms with Crippen molar-refractivity contribution in [3.05, 3.63) is 0 Å². The topological polar surface area (TPSA) is 15.3 Å². The third kappa shape index (κ3) is 4.89. The van der Waals surface area contributed by atoms with Crippen LogP contribution in [0.5, 0.6) is 0 Å². The highest BCUT2D eigenvalue weighted by molar-refractivity contribution is 4.85. The summed E-state index contributed by atoms with van der Waals surface area (Å²) in [4.78, 5) is 2.72. The molecule has 2 aliphatic rings. The molecule has 2 fully saturated rings. The van der Waals surface area contributed by atoms with E-state index in [1.54, 1.807) is 0 Å². The first-order valence-electron chi connectivity index (χ1n) is 8.27. The number of nitrogens with zero attached hydrogens (tertiary/aromatic N) is 1. The van der Waals surface area contributed by atoms with E-state index in [0.717, 1.165) is 18.0 Å². The smallest absolute Gasteiger partial charge is 0.0110 e. The van der Waals surface area contributed by atoms with Gasteiger partial charge in [-0.2, -0.15) is 0 Å². The summed E-state index contributed by atoms with van der Waals surface area (Å²) in [6.45, 7) is 8.50. The van der Waals surface area contributed by atoms with Crippen molar-refractivity contribution in [2.24, 2.45) is 5.92 Å². The first kappa shape index (κ1) is 14.3. The molecule has 0 aromatic heterocycles. The molecule has 2 aliphatic carbocycles. The summed E-state index contributed by atoms with van der Waals surface area (Å²) in [6.07, 6.45) is 11.3. The second-order valence-corrected chi connectivity index (χ2v) is 6.53. The Hall–Kier alpha value is -0.0800. The third-order valence-electron chi connectivity index (χ3n) is 4.71. The van der Waals surface area contributed by atoms with Gasteiger partial charge in [-0.1, -0.05) is 20.3 Å². The van der Waals surface area contributed by atoms with Gasteiger partial charge in [0.05, 0.1) is 0 Å². The fraction of sp³-hybridized carbons (Fsp3) is 1.00. The maximum atomic E-state index is 3.79. The molecule has 18 heavy (non-hydrogen) atoms. The Kier molecular flexibility index (Phi) is 5.97. The van der Waals surface area contributed by atoms with Crippen molar-refractivity contribution in [1.29, 1.82) is 0 Å². The van der Waals surface area contributed by atoms with Gasteiger partial charge in [0.2, 0.25) is 0 Å². The minimum Gasteiger partial charge on any atom is -0.313 e. The van der Waals surface area contributed by atoms with Gasteiger partial charge in [-0.25, -0.2) is 0 Å². The molecule has 0 heterocycles. The van der Waals surface area contributed by atoms with Crippen LogP contribution in [0.15, 0.2) is 0 Å². The van der Waals surface area contributed by atoms with Gasteiger partial charge in [-0.3, -0.25) is 4.90 Å². The van der Waals surface area contributed by atoms with Crippen LogP contribution in [0.1, 0.15) is 65.2 Å². The lowest BCUT2D eigenvalue weighted by Crippen LogP contribution is -2.39. The zero-order valence-corrected chi connectivity index (χ0v) is 12.5. The number of rotatable bonds is 8. The number of hydrogen-bond acceptors (Lipinski definition) is 2. The van der Waals surface area contributed by atoms with Gasteiger partial charge in [0.15, 0.2) is 0 Å². The molecule has 0 aromatic carbocycles. The molecule has 0 spiro atoms. The summed E-state index contributed by atoms with van der Waals surface area (Å²) < 4.78 is 0. The summed E-state index contributed by atoms with van der Waals surface area (Å²) in [5.41, 5.74) is 0. The van der Waals surface area contributed by atoms with E-state index >= 15 is 0 Å². The van der Waals surface area contributed by atoms with Crippen LogP contribution >= 0.6 is 0 Å². The van der Waals surface area contributed by atoms with E-state index in [0.29, 0.717) is 0 Å². The van der Waals surface area contributed by atoms with E-state index in [9.17, 15) is 0 Å². The van der Waals surface area contributed by atoms with Crippen molar-refractivity contribution in [2.75, 3.05) is 19.6 Å². The molecule has 2 saturated carbocycles. The quantitative estimate of drug-likeness (QED) is 0.712. The Morgan fingerprint density at radius 1 is 1.00 bits per heavy atom. The van der Waals surface area contributed by atoms with Crippen LogP contribution in [0.4, 0.5) is 0 Å². The molecule has 1 N–H and O–H groups in total. The van der Waals surface area contributed by atoms with E-state index in [1.807, 2.05) is 0 Å². The van der Waals surface area contributed by atoms with Crippen LogP contribution in [0.3, 0.4) is 0 Å². The van der Waals surface area contributed by atoms with E-state index in [4.69, 9.17) is 0 Å². The zero-order chi connectivity index (χ0) is 12.8. The molecule has 0 saturated heterocycles. The van der Waals surface area contributed by atoms with Gasteiger partial charge in [0.25, 0.3) is 0 Å². The number of hydrogen-bond donors (Lipinski definition) is 1. The second kappa shape index (κ2) is 7.49. The van der Waals surface area contributed by atoms with Gasteiger partial charge in [-0.05, 0) is 57.4 Å². The predicted molar refractivity (Wildman–Crippen MR) is 78.9 cm³/mol. The van der Waals surface area contributed by atoms with Crippen LogP contribution in [-0.2, 0) is 0 Å². The van der Waals surface area contributed by atoms with Crippen molar-refractivity contribution in [2.45, 2.75) is 77.3 Å². The van der Waals surface area contributed by atoms with Crippen LogP contribution in [0, 0.1) is 5.92 Å². The number of unbranched alkanes of at least 4 members (excludes halogenated alkanes) is 1. The fourth-order valence-electron chi connectivity index (χ4n) is 3.15. The van der Waals surface area contributed by atoms with Crippen LogP contribution < -0.4 is 5.32 Å². The third-order valence-corrected chi connectivity index (χ3v) is 4.71. The van der Waals surface area contributed by atoms with Gasteiger partial charge < -0.3 is 5.32 Å². The van der Waals surface area contributed by atoms with Crippen LogP contribution in [0.2, 0.25) is 0 Å². The van der Waals surface area contributed by atoms with Crippen molar-refractivity contribution < 1.29 is 0 Å². The molecule has 0 amide bonds. The Bertz CT molecular complexity index is 217. The van der Waals surface area contributed by atoms with Crippen LogP contribution in [-0.4, -0.2) is 36.6 Å². The summed E-state index contributed by atoms with van der Waals surface area (Å²) in [5, 5.41) is 3.79. The molecule has 106 valence electrons. The first-order chi connectivity index (χ1) is 8.79. The van der Waals surface area contributed by atoms with E-state index in [1.165, 1.54) is 71.0 Å². The first-order valence-corrected chi connectivity index (χ1v) is 8.27. The molecule has 2 heteroatoms. The van der Waals surface area contributed by atoms with E-state index < -0.39 is 0 Å². The lowest BCUT2D eigenvalue weighted by atomic mass is 9.87. The highest BCUT2D eigenvalue weighted by atomic mass is 15.2. The molecule has 0 aromatic rings. The van der Waals surface area contributed by atoms with E-state index in [2.05, 4.69) is 24.1 Å². The van der Waals surface area contributed by atoms with Crippen molar-refractivity contribution in [3.8, 4) is 0 Å². The lowest BCUT2D eigenvalue weighted by Gasteiger charge is -2.28. The minimum absolute atomic E-state index is 0.813. The summed E-state index contributed by atoms with van der Waals surface area (Å²) in [7, 11) is 0. The maximum absolute atomic E-state index is 3.79. The zero-order valence-electron chi connectivity index (χ0n) is 12.5. The monoisotopic (exact) mass is 252 g/mol. The molecule has 0 aliphatic heterocycles. The fourth-order valence-corrected chi connectivity index (χ4v) is 3.15. The van der Waals surface area contributed by atoms with Gasteiger partial charge in [0, 0.05) is 25.2 Å². The standard InChI is InChI=1S/C16H32N2/c1-3-4-12-18(16-9-10-16)13-11-17-15-7-5-14(2)6-8-15/h14-17H,3-13H2,1-2H3. The van der Waals surface area contributed by atoms with E-state index in [-0.39, 0.29) is 0 Å². The lowest BCUT2D eigenvalue weighted by molar-refractivity contribution is 0.242. The summed E-state index contributed by atoms with van der Waals surface area (Å²) >= 11 is 0. The average molecular weight is 252 g/mol. The largest absolute Gasteiger partial charge is 0.313 e. The van der Waals surface area contributed by atoms with Crippen molar-refractivity contribution >= 4 is 0 Å². The Balaban J connectivity index is 1.57.